The number of hydrogen-bond acceptors (Lipinski definition) is 6. The molecule has 0 aliphatic carbocycles. The largest absolute Gasteiger partial charge is 0.389 e. The van der Waals surface area contributed by atoms with Gasteiger partial charge >= 0.3 is 0 Å². The van der Waals surface area contributed by atoms with Crippen molar-refractivity contribution in [3.8, 4) is 0 Å². The van der Waals surface area contributed by atoms with E-state index in [0.29, 0.717) is 11.4 Å². The molecule has 4 N–H and O–H groups in total. The minimum atomic E-state index is -1.10. The number of aliphatic hydroxyl groups is 3. The number of benzene rings is 1. The number of thioether (sulfide) groups is 2. The summed E-state index contributed by atoms with van der Waals surface area (Å²) in [6.07, 6.45) is -2.95. The van der Waals surface area contributed by atoms with Gasteiger partial charge in [0.25, 0.3) is 0 Å². The third kappa shape index (κ3) is 3.89. The molecule has 20 heavy (non-hydrogen) atoms. The van der Waals surface area contributed by atoms with E-state index in [0.717, 1.165) is 4.90 Å². The summed E-state index contributed by atoms with van der Waals surface area (Å²) in [7, 11) is 0. The first kappa shape index (κ1) is 15.7. The molecule has 4 atom stereocenters. The zero-order chi connectivity index (χ0) is 14.7. The van der Waals surface area contributed by atoms with Crippen LogP contribution in [0.1, 0.15) is 6.92 Å². The first-order valence-electron chi connectivity index (χ1n) is 6.17. The molecule has 1 heterocycles. The highest BCUT2D eigenvalue weighted by molar-refractivity contribution is 8.17. The fourth-order valence-electron chi connectivity index (χ4n) is 1.84. The van der Waals surface area contributed by atoms with Crippen molar-refractivity contribution in [3.05, 3.63) is 24.3 Å². The highest BCUT2D eigenvalue weighted by atomic mass is 32.2. The van der Waals surface area contributed by atoms with Crippen molar-refractivity contribution in [2.24, 2.45) is 0 Å². The maximum Gasteiger partial charge on any atom is 0.221 e. The van der Waals surface area contributed by atoms with Crippen LogP contribution in [-0.4, -0.2) is 49.9 Å². The molecule has 0 bridgehead atoms. The SMILES string of the molecule is CC(=O)Nc1ccc(S[C@H]2SC[C@H](O)[C@H](O)[C@H]2O)cc1. The first-order valence-corrected chi connectivity index (χ1v) is 8.10. The number of rotatable bonds is 3. The highest BCUT2D eigenvalue weighted by Crippen LogP contribution is 2.38. The molecule has 1 saturated heterocycles. The van der Waals surface area contributed by atoms with Crippen molar-refractivity contribution in [1.82, 2.24) is 0 Å². The van der Waals surface area contributed by atoms with Gasteiger partial charge in [0, 0.05) is 23.3 Å². The molecule has 0 unspecified atom stereocenters. The molecular formula is C13H17NO4S2. The molecule has 1 amide bonds. The van der Waals surface area contributed by atoms with Crippen LogP contribution >= 0.6 is 23.5 Å². The Balaban J connectivity index is 1.98. The van der Waals surface area contributed by atoms with Gasteiger partial charge in [0.15, 0.2) is 0 Å². The van der Waals surface area contributed by atoms with Crippen LogP contribution in [0.2, 0.25) is 0 Å². The Morgan fingerprint density at radius 1 is 1.25 bits per heavy atom. The van der Waals surface area contributed by atoms with E-state index in [9.17, 15) is 20.1 Å². The molecule has 5 nitrogen and oxygen atoms in total. The van der Waals surface area contributed by atoms with Gasteiger partial charge in [-0.25, -0.2) is 0 Å². The van der Waals surface area contributed by atoms with Crippen molar-refractivity contribution in [3.63, 3.8) is 0 Å². The molecule has 1 aliphatic heterocycles. The van der Waals surface area contributed by atoms with Crippen LogP contribution in [0.15, 0.2) is 29.2 Å². The standard InChI is InChI=1S/C13H17NO4S2/c1-7(15)14-8-2-4-9(5-3-8)20-13-12(18)11(17)10(16)6-19-13/h2-5,10-13,16-18H,6H2,1H3,(H,14,15)/t10-,11-,12+,13+/m0/s1. The second-order valence-corrected chi connectivity index (χ2v) is 7.26. The lowest BCUT2D eigenvalue weighted by atomic mass is 10.1. The predicted molar refractivity (Wildman–Crippen MR) is 80.9 cm³/mol. The first-order chi connectivity index (χ1) is 9.47. The molecule has 0 spiro atoms. The number of carbonyl (C=O) groups is 1. The Bertz CT molecular complexity index is 468. The molecule has 2 rings (SSSR count). The van der Waals surface area contributed by atoms with Crippen LogP contribution in [0.5, 0.6) is 0 Å². The number of amides is 1. The van der Waals surface area contributed by atoms with Crippen LogP contribution in [-0.2, 0) is 4.79 Å². The minimum Gasteiger partial charge on any atom is -0.389 e. The molecule has 0 saturated carbocycles. The molecule has 1 fully saturated rings. The average molecular weight is 315 g/mol. The van der Waals surface area contributed by atoms with Gasteiger partial charge in [0.2, 0.25) is 5.91 Å². The Kier molecular flexibility index (Phi) is 5.34. The Morgan fingerprint density at radius 2 is 1.90 bits per heavy atom. The summed E-state index contributed by atoms with van der Waals surface area (Å²) < 4.78 is -0.222. The lowest BCUT2D eigenvalue weighted by Crippen LogP contribution is -2.47. The summed E-state index contributed by atoms with van der Waals surface area (Å²) in [5.74, 6) is 0.278. The quantitative estimate of drug-likeness (QED) is 0.662. The molecule has 0 radical (unpaired) electrons. The van der Waals surface area contributed by atoms with Crippen LogP contribution in [0.3, 0.4) is 0 Å². The second-order valence-electron chi connectivity index (χ2n) is 4.57. The van der Waals surface area contributed by atoms with E-state index in [1.807, 2.05) is 12.1 Å². The maximum absolute atomic E-state index is 10.9. The Hall–Kier alpha value is -0.730. The number of aliphatic hydroxyl groups excluding tert-OH is 3. The van der Waals surface area contributed by atoms with E-state index >= 15 is 0 Å². The molecule has 1 aromatic carbocycles. The Labute approximate surface area is 125 Å². The summed E-state index contributed by atoms with van der Waals surface area (Å²) in [6, 6.07) is 7.27. The van der Waals surface area contributed by atoms with Crippen molar-refractivity contribution >= 4 is 35.1 Å². The summed E-state index contributed by atoms with van der Waals surface area (Å²) >= 11 is 2.86. The van der Waals surface area contributed by atoms with Gasteiger partial charge in [-0.15, -0.1) is 23.5 Å². The van der Waals surface area contributed by atoms with E-state index in [1.165, 1.54) is 30.4 Å². The normalized spacial score (nSPS) is 30.0. The van der Waals surface area contributed by atoms with Gasteiger partial charge in [-0.1, -0.05) is 0 Å². The molecular weight excluding hydrogens is 298 g/mol. The van der Waals surface area contributed by atoms with E-state index in [1.54, 1.807) is 12.1 Å². The zero-order valence-electron chi connectivity index (χ0n) is 10.9. The Morgan fingerprint density at radius 3 is 2.50 bits per heavy atom. The predicted octanol–water partition coefficient (Wildman–Crippen LogP) is 0.893. The summed E-state index contributed by atoms with van der Waals surface area (Å²) in [6.45, 7) is 1.45. The molecule has 7 heteroatoms. The van der Waals surface area contributed by atoms with Crippen LogP contribution in [0.4, 0.5) is 5.69 Å². The van der Waals surface area contributed by atoms with Crippen molar-refractivity contribution in [2.75, 3.05) is 11.1 Å². The van der Waals surface area contributed by atoms with E-state index in [2.05, 4.69) is 5.32 Å². The zero-order valence-corrected chi connectivity index (χ0v) is 12.5. The highest BCUT2D eigenvalue weighted by Gasteiger charge is 2.37. The summed E-state index contributed by atoms with van der Waals surface area (Å²) in [5.41, 5.74) is 0.717. The van der Waals surface area contributed by atoms with Gasteiger partial charge in [-0.2, -0.15) is 0 Å². The number of hydrogen-bond donors (Lipinski definition) is 4. The van der Waals surface area contributed by atoms with E-state index in [4.69, 9.17) is 0 Å². The third-order valence-corrected chi connectivity index (χ3v) is 5.77. The van der Waals surface area contributed by atoms with Gasteiger partial charge in [-0.05, 0) is 24.3 Å². The van der Waals surface area contributed by atoms with Crippen molar-refractivity contribution in [1.29, 1.82) is 0 Å². The van der Waals surface area contributed by atoms with E-state index < -0.39 is 18.3 Å². The summed E-state index contributed by atoms with van der Waals surface area (Å²) in [4.78, 5) is 11.9. The smallest absolute Gasteiger partial charge is 0.221 e. The molecule has 110 valence electrons. The second kappa shape index (κ2) is 6.82. The average Bonchev–Trinajstić information content (AvgIpc) is 2.41. The number of anilines is 1. The third-order valence-electron chi connectivity index (χ3n) is 2.88. The van der Waals surface area contributed by atoms with Gasteiger partial charge < -0.3 is 20.6 Å². The topological polar surface area (TPSA) is 89.8 Å². The maximum atomic E-state index is 10.9. The lowest BCUT2D eigenvalue weighted by molar-refractivity contribution is -0.114. The van der Waals surface area contributed by atoms with Crippen molar-refractivity contribution in [2.45, 2.75) is 34.7 Å². The molecule has 1 aromatic rings. The number of carbonyl (C=O) groups excluding carboxylic acids is 1. The lowest BCUT2D eigenvalue weighted by Gasteiger charge is -2.34. The van der Waals surface area contributed by atoms with Crippen LogP contribution < -0.4 is 5.32 Å². The number of nitrogens with one attached hydrogen (secondary N) is 1. The monoisotopic (exact) mass is 315 g/mol. The van der Waals surface area contributed by atoms with Gasteiger partial charge in [0.05, 0.1) is 10.7 Å². The van der Waals surface area contributed by atoms with Crippen LogP contribution in [0.25, 0.3) is 0 Å². The fourth-order valence-corrected chi connectivity index (χ4v) is 4.48. The van der Waals surface area contributed by atoms with Gasteiger partial charge in [0.1, 0.15) is 12.2 Å². The fraction of sp³-hybridized carbons (Fsp3) is 0.462. The van der Waals surface area contributed by atoms with Gasteiger partial charge in [-0.3, -0.25) is 4.79 Å². The summed E-state index contributed by atoms with van der Waals surface area (Å²) in [5, 5.41) is 31.8. The van der Waals surface area contributed by atoms with E-state index in [-0.39, 0.29) is 10.5 Å². The minimum absolute atomic E-state index is 0.124. The van der Waals surface area contributed by atoms with Crippen molar-refractivity contribution < 1.29 is 20.1 Å². The molecule has 1 aliphatic rings. The van der Waals surface area contributed by atoms with Crippen LogP contribution in [0, 0.1) is 0 Å². The molecule has 0 aromatic heterocycles.